The quantitative estimate of drug-likeness (QED) is 0.398. The lowest BCUT2D eigenvalue weighted by Gasteiger charge is -2.32. The molecule has 2 aliphatic rings. The van der Waals surface area contributed by atoms with E-state index in [1.807, 2.05) is 10.8 Å². The minimum atomic E-state index is -0.273. The van der Waals surface area contributed by atoms with Gasteiger partial charge in [0.1, 0.15) is 5.65 Å². The number of nitrogens with one attached hydrogen (secondary N) is 1. The molecule has 2 aromatic heterocycles. The molecule has 2 fully saturated rings. The Morgan fingerprint density at radius 3 is 2.57 bits per heavy atom. The number of hydrogen-bond acceptors (Lipinski definition) is 7. The van der Waals surface area contributed by atoms with Crippen molar-refractivity contribution in [2.24, 2.45) is 0 Å². The Balaban J connectivity index is 1.57. The smallest absolute Gasteiger partial charge is 0.260 e. The van der Waals surface area contributed by atoms with Gasteiger partial charge in [-0.25, -0.2) is 4.98 Å². The Kier molecular flexibility index (Phi) is 7.32. The number of pyridine rings is 1. The lowest BCUT2D eigenvalue weighted by Crippen LogP contribution is -2.43. The summed E-state index contributed by atoms with van der Waals surface area (Å²) in [4.78, 5) is 28.2. The second-order valence-corrected chi connectivity index (χ2v) is 10.3. The van der Waals surface area contributed by atoms with Crippen LogP contribution in [-0.2, 0) is 6.54 Å². The van der Waals surface area contributed by atoms with Gasteiger partial charge in [0.25, 0.3) is 5.56 Å². The van der Waals surface area contributed by atoms with Crippen LogP contribution in [-0.4, -0.2) is 75.3 Å². The maximum absolute atomic E-state index is 14.0. The number of piperazine rings is 1. The Labute approximate surface area is 207 Å². The van der Waals surface area contributed by atoms with Crippen LogP contribution in [0.4, 0.5) is 5.95 Å². The van der Waals surface area contributed by atoms with Gasteiger partial charge in [-0.05, 0) is 56.2 Å². The number of nitrogens with zero attached hydrogens (tertiary/aromatic N) is 5. The fourth-order valence-corrected chi connectivity index (χ4v) is 5.46. The highest BCUT2D eigenvalue weighted by atomic mass is 16.3. The highest BCUT2D eigenvalue weighted by molar-refractivity contribution is 6.04. The predicted octanol–water partition coefficient (Wildman–Crippen LogP) is 3.38. The molecule has 35 heavy (non-hydrogen) atoms. The zero-order chi connectivity index (χ0) is 24.4. The van der Waals surface area contributed by atoms with Gasteiger partial charge in [-0.15, -0.1) is 0 Å². The third-order valence-corrected chi connectivity index (χ3v) is 7.67. The van der Waals surface area contributed by atoms with Crippen molar-refractivity contribution in [1.29, 1.82) is 0 Å². The molecular weight excluding hydrogens is 440 g/mol. The molecule has 0 unspecified atom stereocenters. The van der Waals surface area contributed by atoms with Crippen LogP contribution < -0.4 is 10.9 Å². The van der Waals surface area contributed by atoms with E-state index in [0.717, 1.165) is 81.1 Å². The number of rotatable bonds is 7. The van der Waals surface area contributed by atoms with Crippen molar-refractivity contribution < 1.29 is 5.11 Å². The SMILES string of the molecule is CCCCNc1ncc2c3ccc(CN4CCN(C)CC4)cc3c(=O)n([C@H]3CC[C@H](O)CC3)c2n1. The van der Waals surface area contributed by atoms with Gasteiger partial charge in [0.05, 0.1) is 6.10 Å². The van der Waals surface area contributed by atoms with Gasteiger partial charge in [0.15, 0.2) is 0 Å². The van der Waals surface area contributed by atoms with Gasteiger partial charge >= 0.3 is 0 Å². The number of aliphatic hydroxyl groups excluding tert-OH is 1. The van der Waals surface area contributed by atoms with E-state index in [4.69, 9.17) is 4.98 Å². The second-order valence-electron chi connectivity index (χ2n) is 10.3. The Hall–Kier alpha value is -2.55. The van der Waals surface area contributed by atoms with Gasteiger partial charge in [0.2, 0.25) is 5.95 Å². The van der Waals surface area contributed by atoms with Gasteiger partial charge in [0, 0.05) is 62.3 Å². The molecule has 0 amide bonds. The van der Waals surface area contributed by atoms with Crippen molar-refractivity contribution in [2.75, 3.05) is 45.1 Å². The van der Waals surface area contributed by atoms with Crippen molar-refractivity contribution in [2.45, 2.75) is 64.1 Å². The molecule has 1 saturated heterocycles. The predicted molar refractivity (Wildman–Crippen MR) is 141 cm³/mol. The highest BCUT2D eigenvalue weighted by Crippen LogP contribution is 2.32. The number of anilines is 1. The average Bonchev–Trinajstić information content (AvgIpc) is 2.87. The molecule has 1 aromatic carbocycles. The van der Waals surface area contributed by atoms with E-state index in [-0.39, 0.29) is 17.7 Å². The average molecular weight is 479 g/mol. The molecule has 0 radical (unpaired) electrons. The molecule has 8 nitrogen and oxygen atoms in total. The Bertz CT molecular complexity index is 1230. The van der Waals surface area contributed by atoms with Crippen LogP contribution in [0.15, 0.2) is 29.2 Å². The fourth-order valence-electron chi connectivity index (χ4n) is 5.46. The number of unbranched alkanes of at least 4 members (excludes halogenated alkanes) is 1. The molecule has 3 aromatic rings. The van der Waals surface area contributed by atoms with Crippen molar-refractivity contribution in [3.63, 3.8) is 0 Å². The van der Waals surface area contributed by atoms with E-state index >= 15 is 0 Å². The van der Waals surface area contributed by atoms with Crippen LogP contribution in [0.25, 0.3) is 21.8 Å². The minimum Gasteiger partial charge on any atom is -0.393 e. The van der Waals surface area contributed by atoms with Gasteiger partial charge in [-0.1, -0.05) is 25.5 Å². The molecule has 0 atom stereocenters. The molecule has 0 bridgehead atoms. The molecule has 1 aliphatic carbocycles. The highest BCUT2D eigenvalue weighted by Gasteiger charge is 2.25. The van der Waals surface area contributed by atoms with Gasteiger partial charge < -0.3 is 15.3 Å². The summed E-state index contributed by atoms with van der Waals surface area (Å²) in [6.07, 6.45) is 6.73. The minimum absolute atomic E-state index is 0.0207. The normalized spacial score (nSPS) is 22.1. The summed E-state index contributed by atoms with van der Waals surface area (Å²) in [5.74, 6) is 0.570. The summed E-state index contributed by atoms with van der Waals surface area (Å²) < 4.78 is 1.90. The largest absolute Gasteiger partial charge is 0.393 e. The van der Waals surface area contributed by atoms with Gasteiger partial charge in [-0.3, -0.25) is 14.3 Å². The molecule has 3 heterocycles. The van der Waals surface area contributed by atoms with Crippen LogP contribution in [0.1, 0.15) is 57.1 Å². The lowest BCUT2D eigenvalue weighted by atomic mass is 9.92. The van der Waals surface area contributed by atoms with E-state index in [1.54, 1.807) is 0 Å². The van der Waals surface area contributed by atoms with E-state index in [0.29, 0.717) is 24.4 Å². The lowest BCUT2D eigenvalue weighted by molar-refractivity contribution is 0.111. The zero-order valence-corrected chi connectivity index (χ0v) is 21.0. The number of fused-ring (bicyclic) bond motifs is 3. The van der Waals surface area contributed by atoms with E-state index < -0.39 is 0 Å². The topological polar surface area (TPSA) is 86.5 Å². The molecule has 8 heteroatoms. The van der Waals surface area contributed by atoms with Crippen LogP contribution in [0, 0.1) is 0 Å². The third kappa shape index (κ3) is 5.20. The molecule has 1 saturated carbocycles. The second kappa shape index (κ2) is 10.6. The monoisotopic (exact) mass is 478 g/mol. The number of likely N-dealkylation sites (N-methyl/N-ethyl adjacent to an activating group) is 1. The number of benzene rings is 1. The maximum Gasteiger partial charge on any atom is 0.260 e. The molecule has 5 rings (SSSR count). The Morgan fingerprint density at radius 1 is 1.06 bits per heavy atom. The Morgan fingerprint density at radius 2 is 1.83 bits per heavy atom. The van der Waals surface area contributed by atoms with E-state index in [9.17, 15) is 9.90 Å². The first-order valence-electron chi connectivity index (χ1n) is 13.2. The van der Waals surface area contributed by atoms with Crippen molar-refractivity contribution in [3.8, 4) is 0 Å². The fraction of sp³-hybridized carbons (Fsp3) is 0.593. The molecule has 188 valence electrons. The number of aliphatic hydroxyl groups is 1. The van der Waals surface area contributed by atoms with Crippen LogP contribution >= 0.6 is 0 Å². The maximum atomic E-state index is 14.0. The summed E-state index contributed by atoms with van der Waals surface area (Å²) in [7, 11) is 2.16. The van der Waals surface area contributed by atoms with Crippen LogP contribution in [0.2, 0.25) is 0 Å². The van der Waals surface area contributed by atoms with E-state index in [2.05, 4.69) is 52.3 Å². The molecule has 1 aliphatic heterocycles. The first-order valence-corrected chi connectivity index (χ1v) is 13.2. The zero-order valence-electron chi connectivity index (χ0n) is 21.0. The molecule has 2 N–H and O–H groups in total. The summed E-state index contributed by atoms with van der Waals surface area (Å²) in [5, 5.41) is 16.0. The summed E-state index contributed by atoms with van der Waals surface area (Å²) >= 11 is 0. The summed E-state index contributed by atoms with van der Waals surface area (Å²) in [6.45, 7) is 8.06. The first-order chi connectivity index (χ1) is 17.0. The van der Waals surface area contributed by atoms with Crippen molar-refractivity contribution in [1.82, 2.24) is 24.3 Å². The standard InChI is InChI=1S/C27H38N6O2/c1-3-4-11-28-27-29-17-24-22-10-5-19(18-32-14-12-31(2)13-15-32)16-23(22)26(35)33(25(24)30-27)20-6-8-21(34)9-7-20/h5,10,16-17,20-21,34H,3-4,6-9,11-15,18H2,1-2H3,(H,28,29,30)/t20-,21-. The van der Waals surface area contributed by atoms with Gasteiger partial charge in [-0.2, -0.15) is 4.98 Å². The van der Waals surface area contributed by atoms with E-state index in [1.165, 1.54) is 5.56 Å². The van der Waals surface area contributed by atoms with Crippen LogP contribution in [0.3, 0.4) is 0 Å². The number of aromatic nitrogens is 3. The van der Waals surface area contributed by atoms with Crippen molar-refractivity contribution in [3.05, 3.63) is 40.3 Å². The van der Waals surface area contributed by atoms with Crippen LogP contribution in [0.5, 0.6) is 0 Å². The first kappa shape index (κ1) is 24.2. The molecule has 0 spiro atoms. The summed E-state index contributed by atoms with van der Waals surface area (Å²) in [6, 6.07) is 6.34. The third-order valence-electron chi connectivity index (χ3n) is 7.67. The van der Waals surface area contributed by atoms with Crippen molar-refractivity contribution >= 4 is 27.8 Å². The summed E-state index contributed by atoms with van der Waals surface area (Å²) in [5.41, 5.74) is 1.89. The molecular formula is C27H38N6O2. The number of hydrogen-bond donors (Lipinski definition) is 2.